The predicted octanol–water partition coefficient (Wildman–Crippen LogP) is 0.805. The molecule has 0 fully saturated rings. The Morgan fingerprint density at radius 2 is 2.24 bits per heavy atom. The molecule has 5 heteroatoms. The number of methoxy groups -OCH3 is 1. The van der Waals surface area contributed by atoms with Crippen LogP contribution in [0, 0.1) is 0 Å². The van der Waals surface area contributed by atoms with Crippen LogP contribution in [0.15, 0.2) is 24.4 Å². The number of hydrogen-bond acceptors (Lipinski definition) is 5. The van der Waals surface area contributed by atoms with E-state index in [0.717, 1.165) is 16.7 Å². The van der Waals surface area contributed by atoms with Crippen LogP contribution in [-0.2, 0) is 5.54 Å². The largest absolute Gasteiger partial charge is 0.497 e. The van der Waals surface area contributed by atoms with Crippen LogP contribution < -0.4 is 10.5 Å². The van der Waals surface area contributed by atoms with E-state index >= 15 is 0 Å². The molecule has 2 aromatic rings. The summed E-state index contributed by atoms with van der Waals surface area (Å²) in [5, 5.41) is 10.1. The fraction of sp³-hybridized carbons (Fsp3) is 0.333. The lowest BCUT2D eigenvalue weighted by Gasteiger charge is -2.19. The second-order valence-electron chi connectivity index (χ2n) is 4.19. The van der Waals surface area contributed by atoms with Gasteiger partial charge in [-0.3, -0.25) is 0 Å². The molecule has 5 nitrogen and oxygen atoms in total. The van der Waals surface area contributed by atoms with Gasteiger partial charge < -0.3 is 15.6 Å². The Morgan fingerprint density at radius 1 is 1.47 bits per heavy atom. The second-order valence-corrected chi connectivity index (χ2v) is 4.19. The third-order valence-corrected chi connectivity index (χ3v) is 2.63. The molecule has 0 radical (unpaired) electrons. The highest BCUT2D eigenvalue weighted by Crippen LogP contribution is 2.20. The zero-order chi connectivity index (χ0) is 12.5. The second kappa shape index (κ2) is 4.27. The van der Waals surface area contributed by atoms with E-state index in [1.165, 1.54) is 0 Å². The minimum atomic E-state index is -0.923. The number of aliphatic hydroxyl groups excluding tert-OH is 1. The topological polar surface area (TPSA) is 81.3 Å². The van der Waals surface area contributed by atoms with Crippen LogP contribution in [0.5, 0.6) is 5.75 Å². The molecule has 0 bridgehead atoms. The molecule has 17 heavy (non-hydrogen) atoms. The van der Waals surface area contributed by atoms with E-state index in [4.69, 9.17) is 10.5 Å². The van der Waals surface area contributed by atoms with E-state index in [9.17, 15) is 5.11 Å². The molecular formula is C12H15N3O2. The van der Waals surface area contributed by atoms with Gasteiger partial charge in [0.05, 0.1) is 24.8 Å². The first-order valence-corrected chi connectivity index (χ1v) is 5.28. The summed E-state index contributed by atoms with van der Waals surface area (Å²) in [5.41, 5.74) is 5.74. The first-order chi connectivity index (χ1) is 8.06. The smallest absolute Gasteiger partial charge is 0.150 e. The van der Waals surface area contributed by atoms with Gasteiger partial charge in [-0.2, -0.15) is 0 Å². The monoisotopic (exact) mass is 233 g/mol. The van der Waals surface area contributed by atoms with Crippen molar-refractivity contribution < 1.29 is 9.84 Å². The van der Waals surface area contributed by atoms with Crippen molar-refractivity contribution in [3.05, 3.63) is 30.2 Å². The molecule has 0 saturated heterocycles. The number of fused-ring (bicyclic) bond motifs is 1. The van der Waals surface area contributed by atoms with Gasteiger partial charge in [-0.15, -0.1) is 0 Å². The van der Waals surface area contributed by atoms with Crippen LogP contribution in [0.3, 0.4) is 0 Å². The molecule has 0 amide bonds. The molecule has 90 valence electrons. The van der Waals surface area contributed by atoms with Crippen molar-refractivity contribution in [2.24, 2.45) is 5.73 Å². The number of hydrogen-bond donors (Lipinski definition) is 2. The van der Waals surface area contributed by atoms with Gasteiger partial charge in [-0.25, -0.2) is 9.97 Å². The molecule has 0 unspecified atom stereocenters. The maximum absolute atomic E-state index is 9.18. The minimum Gasteiger partial charge on any atom is -0.497 e. The zero-order valence-corrected chi connectivity index (χ0v) is 9.84. The quantitative estimate of drug-likeness (QED) is 0.819. The number of aromatic nitrogens is 2. The molecule has 0 aliphatic heterocycles. The van der Waals surface area contributed by atoms with Gasteiger partial charge in [-0.05, 0) is 25.1 Å². The Kier molecular flexibility index (Phi) is 2.95. The van der Waals surface area contributed by atoms with Crippen molar-refractivity contribution in [2.75, 3.05) is 13.7 Å². The fourth-order valence-corrected chi connectivity index (χ4v) is 1.48. The molecule has 0 saturated carbocycles. The summed E-state index contributed by atoms with van der Waals surface area (Å²) in [6, 6.07) is 5.52. The third kappa shape index (κ3) is 2.20. The number of nitrogens with zero attached hydrogens (tertiary/aromatic N) is 2. The van der Waals surface area contributed by atoms with E-state index in [-0.39, 0.29) is 6.61 Å². The van der Waals surface area contributed by atoms with E-state index in [2.05, 4.69) is 9.97 Å². The van der Waals surface area contributed by atoms with Crippen molar-refractivity contribution in [2.45, 2.75) is 12.5 Å². The Labute approximate surface area is 99.3 Å². The van der Waals surface area contributed by atoms with Crippen molar-refractivity contribution in [3.63, 3.8) is 0 Å². The van der Waals surface area contributed by atoms with Crippen molar-refractivity contribution in [1.29, 1.82) is 0 Å². The Balaban J connectivity index is 2.52. The molecule has 1 atom stereocenters. The molecule has 1 aromatic heterocycles. The van der Waals surface area contributed by atoms with Gasteiger partial charge in [-0.1, -0.05) is 0 Å². The van der Waals surface area contributed by atoms with Gasteiger partial charge in [0, 0.05) is 11.6 Å². The standard InChI is InChI=1S/C12H15N3O2/c1-12(13,7-16)11-14-6-8-5-9(17-2)3-4-10(8)15-11/h3-6,16H,7,13H2,1-2H3/t12-/m0/s1. The first-order valence-electron chi connectivity index (χ1n) is 5.28. The average molecular weight is 233 g/mol. The van der Waals surface area contributed by atoms with Crippen molar-refractivity contribution in [3.8, 4) is 5.75 Å². The molecular weight excluding hydrogens is 218 g/mol. The highest BCUT2D eigenvalue weighted by molar-refractivity contribution is 5.79. The number of ether oxygens (including phenoxy) is 1. The summed E-state index contributed by atoms with van der Waals surface area (Å²) < 4.78 is 5.12. The summed E-state index contributed by atoms with van der Waals surface area (Å²) in [4.78, 5) is 8.51. The van der Waals surface area contributed by atoms with E-state index < -0.39 is 5.54 Å². The van der Waals surface area contributed by atoms with E-state index in [1.807, 2.05) is 18.2 Å². The van der Waals surface area contributed by atoms with Crippen LogP contribution in [0.25, 0.3) is 10.9 Å². The average Bonchev–Trinajstić information content (AvgIpc) is 2.37. The van der Waals surface area contributed by atoms with Crippen LogP contribution in [0.2, 0.25) is 0 Å². The molecule has 0 spiro atoms. The van der Waals surface area contributed by atoms with Crippen LogP contribution >= 0.6 is 0 Å². The number of aliphatic hydroxyl groups is 1. The normalized spacial score (nSPS) is 14.6. The maximum Gasteiger partial charge on any atom is 0.150 e. The molecule has 0 aliphatic carbocycles. The van der Waals surface area contributed by atoms with Crippen molar-refractivity contribution in [1.82, 2.24) is 9.97 Å². The van der Waals surface area contributed by atoms with Crippen molar-refractivity contribution >= 4 is 10.9 Å². The number of rotatable bonds is 3. The molecule has 2 rings (SSSR count). The molecule has 1 aromatic carbocycles. The Bertz CT molecular complexity index is 540. The summed E-state index contributed by atoms with van der Waals surface area (Å²) in [5.74, 6) is 1.18. The SMILES string of the molecule is COc1ccc2nc([C@@](C)(N)CO)ncc2c1. The fourth-order valence-electron chi connectivity index (χ4n) is 1.48. The summed E-state index contributed by atoms with van der Waals surface area (Å²) >= 11 is 0. The molecule has 0 aliphatic rings. The Morgan fingerprint density at radius 3 is 2.88 bits per heavy atom. The van der Waals surface area contributed by atoms with Gasteiger partial charge in [0.15, 0.2) is 5.82 Å². The lowest BCUT2D eigenvalue weighted by Crippen LogP contribution is -2.38. The molecule has 1 heterocycles. The number of nitrogens with two attached hydrogens (primary N) is 1. The van der Waals surface area contributed by atoms with Gasteiger partial charge >= 0.3 is 0 Å². The zero-order valence-electron chi connectivity index (χ0n) is 9.84. The molecule has 3 N–H and O–H groups in total. The van der Waals surface area contributed by atoms with Gasteiger partial charge in [0.25, 0.3) is 0 Å². The Hall–Kier alpha value is -1.72. The van der Waals surface area contributed by atoms with Crippen LogP contribution in [-0.4, -0.2) is 28.8 Å². The van der Waals surface area contributed by atoms with E-state index in [1.54, 1.807) is 20.2 Å². The lowest BCUT2D eigenvalue weighted by atomic mass is 10.0. The first kappa shape index (κ1) is 11.8. The van der Waals surface area contributed by atoms with Gasteiger partial charge in [0.2, 0.25) is 0 Å². The summed E-state index contributed by atoms with van der Waals surface area (Å²) in [6.07, 6.45) is 1.68. The van der Waals surface area contributed by atoms with E-state index in [0.29, 0.717) is 5.82 Å². The van der Waals surface area contributed by atoms with Crippen LogP contribution in [0.1, 0.15) is 12.7 Å². The highest BCUT2D eigenvalue weighted by atomic mass is 16.5. The lowest BCUT2D eigenvalue weighted by molar-refractivity contribution is 0.203. The minimum absolute atomic E-state index is 0.200. The van der Waals surface area contributed by atoms with Gasteiger partial charge in [0.1, 0.15) is 5.75 Å². The maximum atomic E-state index is 9.18. The summed E-state index contributed by atoms with van der Waals surface area (Å²) in [6.45, 7) is 1.49. The summed E-state index contributed by atoms with van der Waals surface area (Å²) in [7, 11) is 1.61. The predicted molar refractivity (Wildman–Crippen MR) is 64.7 cm³/mol. The highest BCUT2D eigenvalue weighted by Gasteiger charge is 2.23. The number of benzene rings is 1. The van der Waals surface area contributed by atoms with Crippen LogP contribution in [0.4, 0.5) is 0 Å². The third-order valence-electron chi connectivity index (χ3n) is 2.63.